The smallest absolute Gasteiger partial charge is 0.268 e. The Kier molecular flexibility index (Phi) is 10.6. The number of hydrogen-bond acceptors (Lipinski definition) is 6. The fourth-order valence-electron chi connectivity index (χ4n) is 5.15. The van der Waals surface area contributed by atoms with Crippen LogP contribution in [-0.2, 0) is 29.3 Å². The molecule has 3 aromatic carbocycles. The van der Waals surface area contributed by atoms with Gasteiger partial charge in [-0.2, -0.15) is 0 Å². The molecule has 2 aromatic heterocycles. The maximum atomic E-state index is 13.1. The normalized spacial score (nSPS) is 11.7. The van der Waals surface area contributed by atoms with E-state index in [2.05, 4.69) is 47.9 Å². The summed E-state index contributed by atoms with van der Waals surface area (Å²) in [5.74, 6) is 1.64. The predicted molar refractivity (Wildman–Crippen MR) is 176 cm³/mol. The SMILES string of the molecule is CCc1[nH]c2ccc(OC)cc2c1CCN(C)C.COc1ccc2c(c1)c(CCN(C)C)cn2S(=O)(=O)c1ccccc1. The van der Waals surface area contributed by atoms with Gasteiger partial charge in [0.15, 0.2) is 0 Å². The standard InChI is InChI=1S/C19H22N2O3S.C15H22N2O/c1-20(2)12-11-15-14-21(19-10-9-16(24-3)13-18(15)19)25(22,23)17-7-5-4-6-8-17;1-5-14-12(8-9-17(2)3)13-10-11(18-4)6-7-15(13)16-14/h4-10,13-14H,11-12H2,1-3H3;6-7,10,16H,5,8-9H2,1-4H3. The maximum Gasteiger partial charge on any atom is 0.268 e. The van der Waals surface area contributed by atoms with E-state index in [0.29, 0.717) is 11.3 Å². The zero-order valence-corrected chi connectivity index (χ0v) is 27.2. The van der Waals surface area contributed by atoms with Gasteiger partial charge in [-0.1, -0.05) is 25.1 Å². The van der Waals surface area contributed by atoms with E-state index in [1.807, 2.05) is 26.2 Å². The maximum absolute atomic E-state index is 13.1. The van der Waals surface area contributed by atoms with Crippen LogP contribution >= 0.6 is 0 Å². The van der Waals surface area contributed by atoms with Gasteiger partial charge in [0.1, 0.15) is 11.5 Å². The van der Waals surface area contributed by atoms with Gasteiger partial charge in [-0.3, -0.25) is 0 Å². The predicted octanol–water partition coefficient (Wildman–Crippen LogP) is 5.83. The first-order valence-electron chi connectivity index (χ1n) is 14.5. The number of benzene rings is 3. The van der Waals surface area contributed by atoms with Crippen molar-refractivity contribution in [2.24, 2.45) is 0 Å². The molecule has 43 heavy (non-hydrogen) atoms. The van der Waals surface area contributed by atoms with Crippen molar-refractivity contribution in [2.75, 3.05) is 55.5 Å². The summed E-state index contributed by atoms with van der Waals surface area (Å²) >= 11 is 0. The van der Waals surface area contributed by atoms with Gasteiger partial charge in [0, 0.05) is 41.3 Å². The van der Waals surface area contributed by atoms with E-state index in [4.69, 9.17) is 9.47 Å². The van der Waals surface area contributed by atoms with Crippen LogP contribution in [0, 0.1) is 0 Å². The van der Waals surface area contributed by atoms with Crippen molar-refractivity contribution in [1.29, 1.82) is 0 Å². The molecule has 0 amide bonds. The Bertz CT molecular complexity index is 1760. The number of rotatable bonds is 11. The molecule has 0 aliphatic carbocycles. The molecule has 0 radical (unpaired) electrons. The summed E-state index contributed by atoms with van der Waals surface area (Å²) in [5, 5.41) is 2.20. The van der Waals surface area contributed by atoms with E-state index in [9.17, 15) is 8.42 Å². The first kappa shape index (κ1) is 32.1. The molecule has 2 heterocycles. The number of nitrogens with zero attached hydrogens (tertiary/aromatic N) is 3. The largest absolute Gasteiger partial charge is 0.497 e. The first-order valence-corrected chi connectivity index (χ1v) is 16.0. The summed E-state index contributed by atoms with van der Waals surface area (Å²) in [4.78, 5) is 8.09. The van der Waals surface area contributed by atoms with Gasteiger partial charge in [0.2, 0.25) is 0 Å². The number of fused-ring (bicyclic) bond motifs is 2. The highest BCUT2D eigenvalue weighted by Crippen LogP contribution is 2.30. The molecule has 0 aliphatic rings. The Morgan fingerprint density at radius 2 is 1.40 bits per heavy atom. The molecule has 0 atom stereocenters. The van der Waals surface area contributed by atoms with Crippen molar-refractivity contribution in [3.8, 4) is 11.5 Å². The third-order valence-corrected chi connectivity index (χ3v) is 9.24. The van der Waals surface area contributed by atoms with Gasteiger partial charge < -0.3 is 24.3 Å². The van der Waals surface area contributed by atoms with E-state index in [1.54, 1.807) is 62.9 Å². The lowest BCUT2D eigenvalue weighted by molar-refractivity contribution is 0.413. The Labute approximate surface area is 255 Å². The average molecular weight is 605 g/mol. The van der Waals surface area contributed by atoms with Crippen LogP contribution in [0.15, 0.2) is 77.8 Å². The molecule has 8 nitrogen and oxygen atoms in total. The van der Waals surface area contributed by atoms with Crippen LogP contribution < -0.4 is 9.47 Å². The number of ether oxygens (including phenoxy) is 2. The van der Waals surface area contributed by atoms with Crippen molar-refractivity contribution < 1.29 is 17.9 Å². The Balaban J connectivity index is 0.000000208. The molecular formula is C34H44N4O4S. The summed E-state index contributed by atoms with van der Waals surface area (Å²) in [6.45, 7) is 4.10. The van der Waals surface area contributed by atoms with Crippen LogP contribution in [0.2, 0.25) is 0 Å². The summed E-state index contributed by atoms with van der Waals surface area (Å²) in [5.41, 5.74) is 5.64. The van der Waals surface area contributed by atoms with Gasteiger partial charge >= 0.3 is 0 Å². The first-order chi connectivity index (χ1) is 20.6. The summed E-state index contributed by atoms with van der Waals surface area (Å²) in [7, 11) is 7.91. The minimum Gasteiger partial charge on any atom is -0.497 e. The lowest BCUT2D eigenvalue weighted by Crippen LogP contribution is -2.15. The number of aromatic amines is 1. The molecule has 0 bridgehead atoms. The summed E-state index contributed by atoms with van der Waals surface area (Å²) in [6, 6.07) is 20.2. The highest BCUT2D eigenvalue weighted by Gasteiger charge is 2.21. The van der Waals surface area contributed by atoms with Gasteiger partial charge in [-0.05, 0) is 107 Å². The molecule has 0 fully saturated rings. The van der Waals surface area contributed by atoms with Crippen LogP contribution in [-0.4, -0.2) is 82.7 Å². The quantitative estimate of drug-likeness (QED) is 0.204. The van der Waals surface area contributed by atoms with E-state index in [0.717, 1.165) is 49.1 Å². The Hall–Kier alpha value is -3.79. The highest BCUT2D eigenvalue weighted by atomic mass is 32.2. The fraction of sp³-hybridized carbons (Fsp3) is 0.353. The molecule has 9 heteroatoms. The summed E-state index contributed by atoms with van der Waals surface area (Å²) in [6.07, 6.45) is 4.60. The third-order valence-electron chi connectivity index (χ3n) is 7.55. The van der Waals surface area contributed by atoms with Crippen molar-refractivity contribution in [2.45, 2.75) is 31.1 Å². The van der Waals surface area contributed by atoms with Gasteiger partial charge in [0.25, 0.3) is 10.0 Å². The van der Waals surface area contributed by atoms with Crippen LogP contribution in [0.1, 0.15) is 23.7 Å². The fourth-order valence-corrected chi connectivity index (χ4v) is 6.56. The highest BCUT2D eigenvalue weighted by molar-refractivity contribution is 7.90. The second-order valence-electron chi connectivity index (χ2n) is 11.1. The minimum absolute atomic E-state index is 0.280. The topological polar surface area (TPSA) is 79.8 Å². The Morgan fingerprint density at radius 1 is 0.791 bits per heavy atom. The van der Waals surface area contributed by atoms with Crippen molar-refractivity contribution >= 4 is 31.8 Å². The Morgan fingerprint density at radius 3 is 2.00 bits per heavy atom. The number of hydrogen-bond donors (Lipinski definition) is 1. The molecule has 0 saturated carbocycles. The van der Waals surface area contributed by atoms with Crippen molar-refractivity contribution in [1.82, 2.24) is 18.8 Å². The number of nitrogens with one attached hydrogen (secondary N) is 1. The zero-order valence-electron chi connectivity index (χ0n) is 26.3. The number of aryl methyl sites for hydroxylation is 1. The molecule has 0 saturated heterocycles. The third kappa shape index (κ3) is 7.41. The monoisotopic (exact) mass is 604 g/mol. The second-order valence-corrected chi connectivity index (χ2v) is 12.9. The molecule has 0 spiro atoms. The van der Waals surface area contributed by atoms with Crippen LogP contribution in [0.4, 0.5) is 0 Å². The number of aromatic nitrogens is 2. The molecule has 230 valence electrons. The van der Waals surface area contributed by atoms with E-state index in [-0.39, 0.29) is 4.90 Å². The lowest BCUT2D eigenvalue weighted by atomic mass is 10.1. The molecule has 0 aliphatic heterocycles. The lowest BCUT2D eigenvalue weighted by Gasteiger charge is -2.10. The van der Waals surface area contributed by atoms with Crippen molar-refractivity contribution in [3.63, 3.8) is 0 Å². The van der Waals surface area contributed by atoms with E-state index < -0.39 is 10.0 Å². The number of likely N-dealkylation sites (N-methyl/N-ethyl adjacent to an activating group) is 2. The van der Waals surface area contributed by atoms with E-state index in [1.165, 1.54) is 26.1 Å². The van der Waals surface area contributed by atoms with Gasteiger partial charge in [-0.15, -0.1) is 0 Å². The van der Waals surface area contributed by atoms with Crippen LogP contribution in [0.3, 0.4) is 0 Å². The molecule has 5 rings (SSSR count). The molecular weight excluding hydrogens is 560 g/mol. The number of H-pyrrole nitrogens is 1. The molecule has 1 N–H and O–H groups in total. The van der Waals surface area contributed by atoms with Gasteiger partial charge in [0.05, 0.1) is 24.6 Å². The number of methoxy groups -OCH3 is 2. The zero-order chi connectivity index (χ0) is 31.1. The van der Waals surface area contributed by atoms with Crippen LogP contribution in [0.25, 0.3) is 21.8 Å². The van der Waals surface area contributed by atoms with Crippen LogP contribution in [0.5, 0.6) is 11.5 Å². The van der Waals surface area contributed by atoms with Gasteiger partial charge in [-0.25, -0.2) is 12.4 Å². The summed E-state index contributed by atoms with van der Waals surface area (Å²) < 4.78 is 38.2. The second kappa shape index (κ2) is 14.1. The van der Waals surface area contributed by atoms with E-state index >= 15 is 0 Å². The minimum atomic E-state index is -3.64. The molecule has 5 aromatic rings. The molecule has 0 unspecified atom stereocenters. The van der Waals surface area contributed by atoms with Crippen molar-refractivity contribution in [3.05, 3.63) is 89.7 Å². The average Bonchev–Trinajstić information content (AvgIpc) is 3.57.